The van der Waals surface area contributed by atoms with Gasteiger partial charge >= 0.3 is 12.0 Å². The summed E-state index contributed by atoms with van der Waals surface area (Å²) in [7, 11) is 1.23. The molecule has 1 aliphatic rings. The number of nitrogens with one attached hydrogen (secondary N) is 1. The van der Waals surface area contributed by atoms with Gasteiger partial charge in [-0.1, -0.05) is 18.2 Å². The maximum Gasteiger partial charge on any atom is 0.337 e. The second kappa shape index (κ2) is 11.9. The zero-order valence-corrected chi connectivity index (χ0v) is 21.4. The highest BCUT2D eigenvalue weighted by Gasteiger charge is 2.37. The van der Waals surface area contributed by atoms with Crippen molar-refractivity contribution in [3.8, 4) is 11.5 Å². The molecule has 1 aliphatic heterocycles. The number of hydrogen-bond donors (Lipinski definition) is 1. The molecule has 0 unspecified atom stereocenters. The van der Waals surface area contributed by atoms with Crippen LogP contribution in [0, 0.1) is 10.1 Å². The Kier molecular flexibility index (Phi) is 8.19. The molecule has 3 aromatic rings. The Hall–Kier alpha value is -5.52. The van der Waals surface area contributed by atoms with E-state index < -0.39 is 28.7 Å². The molecule has 4 rings (SSSR count). The van der Waals surface area contributed by atoms with Crippen molar-refractivity contribution in [1.29, 1.82) is 0 Å². The van der Waals surface area contributed by atoms with Crippen molar-refractivity contribution in [3.05, 3.63) is 99.1 Å². The second-order valence-electron chi connectivity index (χ2n) is 8.35. The third-order valence-electron chi connectivity index (χ3n) is 5.74. The lowest BCUT2D eigenvalue weighted by molar-refractivity contribution is -0.384. The summed E-state index contributed by atoms with van der Waals surface area (Å²) in [5, 5.41) is 13.2. The second-order valence-corrected chi connectivity index (χ2v) is 8.35. The lowest BCUT2D eigenvalue weighted by Crippen LogP contribution is -2.54. The molecule has 0 radical (unpaired) electrons. The van der Waals surface area contributed by atoms with Crippen LogP contribution in [0.25, 0.3) is 6.08 Å². The van der Waals surface area contributed by atoms with Gasteiger partial charge in [-0.2, -0.15) is 0 Å². The Balaban J connectivity index is 1.58. The summed E-state index contributed by atoms with van der Waals surface area (Å²) in [6.45, 7) is 2.09. The molecule has 0 saturated carbocycles. The summed E-state index contributed by atoms with van der Waals surface area (Å²) in [4.78, 5) is 61.3. The van der Waals surface area contributed by atoms with Crippen molar-refractivity contribution >= 4 is 41.3 Å². The first-order valence-electron chi connectivity index (χ1n) is 11.9. The minimum Gasteiger partial charge on any atom is -0.490 e. The van der Waals surface area contributed by atoms with Crippen molar-refractivity contribution in [3.63, 3.8) is 0 Å². The monoisotopic (exact) mass is 545 g/mol. The van der Waals surface area contributed by atoms with Gasteiger partial charge < -0.3 is 14.2 Å². The predicted octanol–water partition coefficient (Wildman–Crippen LogP) is 4.03. The average Bonchev–Trinajstić information content (AvgIpc) is 2.95. The van der Waals surface area contributed by atoms with Gasteiger partial charge in [0.15, 0.2) is 11.5 Å². The number of nitro groups is 1. The number of hydrogen-bond acceptors (Lipinski definition) is 9. The van der Waals surface area contributed by atoms with Crippen LogP contribution in [0.4, 0.5) is 16.2 Å². The van der Waals surface area contributed by atoms with E-state index in [4.69, 9.17) is 9.47 Å². The standard InChI is InChI=1S/C28H23N3O9/c1-3-39-24-15-17(7-12-23(24)40-16-18-5-4-6-21(13-18)31(36)37)14-22-25(32)29-28(35)30(26(22)33)20-10-8-19(9-11-20)27(34)38-2/h4-15H,3,16H2,1-2H3,(H,29,32,35)/b22-14+. The van der Waals surface area contributed by atoms with E-state index in [-0.39, 0.29) is 35.7 Å². The molecule has 0 atom stereocenters. The number of nitro benzene ring substituents is 1. The van der Waals surface area contributed by atoms with E-state index in [1.807, 2.05) is 0 Å². The minimum absolute atomic E-state index is 0.0366. The molecule has 1 saturated heterocycles. The number of urea groups is 1. The molecule has 3 aromatic carbocycles. The Morgan fingerprint density at radius 1 is 1.00 bits per heavy atom. The van der Waals surface area contributed by atoms with Gasteiger partial charge in [-0.3, -0.25) is 25.0 Å². The molecule has 0 spiro atoms. The van der Waals surface area contributed by atoms with Gasteiger partial charge in [0.25, 0.3) is 17.5 Å². The number of barbiturate groups is 1. The van der Waals surface area contributed by atoms with E-state index in [1.165, 1.54) is 49.6 Å². The molecule has 0 aromatic heterocycles. The van der Waals surface area contributed by atoms with Gasteiger partial charge in [0.1, 0.15) is 12.2 Å². The van der Waals surface area contributed by atoms with Gasteiger partial charge in [-0.05, 0) is 60.5 Å². The molecular formula is C28H23N3O9. The van der Waals surface area contributed by atoms with Crippen LogP contribution in [0.5, 0.6) is 11.5 Å². The Bertz CT molecular complexity index is 1530. The number of amides is 4. The molecule has 40 heavy (non-hydrogen) atoms. The number of rotatable bonds is 9. The summed E-state index contributed by atoms with van der Waals surface area (Å²) < 4.78 is 16.1. The van der Waals surface area contributed by atoms with Crippen LogP contribution >= 0.6 is 0 Å². The van der Waals surface area contributed by atoms with E-state index in [1.54, 1.807) is 37.3 Å². The normalized spacial score (nSPS) is 14.1. The van der Waals surface area contributed by atoms with Crippen molar-refractivity contribution in [1.82, 2.24) is 5.32 Å². The SMILES string of the molecule is CCOc1cc(/C=C2\C(=O)NC(=O)N(c3ccc(C(=O)OC)cc3)C2=O)ccc1OCc1cccc([N+](=O)[O-])c1. The van der Waals surface area contributed by atoms with Crippen LogP contribution in [0.1, 0.15) is 28.4 Å². The molecule has 4 amide bonds. The number of anilines is 1. The zero-order valence-electron chi connectivity index (χ0n) is 21.4. The highest BCUT2D eigenvalue weighted by atomic mass is 16.6. The van der Waals surface area contributed by atoms with Crippen molar-refractivity contribution < 1.29 is 38.3 Å². The number of nitrogens with zero attached hydrogens (tertiary/aromatic N) is 2. The minimum atomic E-state index is -0.933. The van der Waals surface area contributed by atoms with Crippen LogP contribution < -0.4 is 19.7 Å². The number of carbonyl (C=O) groups is 4. The van der Waals surface area contributed by atoms with E-state index in [0.717, 1.165) is 4.90 Å². The van der Waals surface area contributed by atoms with Crippen LogP contribution in [0.2, 0.25) is 0 Å². The lowest BCUT2D eigenvalue weighted by atomic mass is 10.1. The Morgan fingerprint density at radius 3 is 2.42 bits per heavy atom. The third kappa shape index (κ3) is 5.96. The van der Waals surface area contributed by atoms with Gasteiger partial charge in [0, 0.05) is 12.1 Å². The zero-order chi connectivity index (χ0) is 28.8. The molecule has 0 aliphatic carbocycles. The first-order chi connectivity index (χ1) is 19.2. The number of methoxy groups -OCH3 is 1. The third-order valence-corrected chi connectivity index (χ3v) is 5.74. The Morgan fingerprint density at radius 2 is 1.75 bits per heavy atom. The van der Waals surface area contributed by atoms with Crippen LogP contribution in [-0.4, -0.2) is 42.5 Å². The fourth-order valence-electron chi connectivity index (χ4n) is 3.85. The van der Waals surface area contributed by atoms with Crippen molar-refractivity contribution in [2.45, 2.75) is 13.5 Å². The number of ether oxygens (including phenoxy) is 3. The van der Waals surface area contributed by atoms with Gasteiger partial charge in [0.2, 0.25) is 0 Å². The molecule has 1 fully saturated rings. The first kappa shape index (κ1) is 27.5. The smallest absolute Gasteiger partial charge is 0.337 e. The largest absolute Gasteiger partial charge is 0.490 e. The van der Waals surface area contributed by atoms with E-state index in [9.17, 15) is 29.3 Å². The van der Waals surface area contributed by atoms with E-state index in [0.29, 0.717) is 22.6 Å². The van der Waals surface area contributed by atoms with Crippen LogP contribution in [-0.2, 0) is 20.9 Å². The quantitative estimate of drug-likeness (QED) is 0.138. The first-order valence-corrected chi connectivity index (χ1v) is 11.9. The summed E-state index contributed by atoms with van der Waals surface area (Å²) in [5.41, 5.74) is 1.00. The number of benzene rings is 3. The summed E-state index contributed by atoms with van der Waals surface area (Å²) in [5.74, 6) is -1.65. The van der Waals surface area contributed by atoms with Gasteiger partial charge in [0.05, 0.1) is 29.9 Å². The molecular weight excluding hydrogens is 522 g/mol. The fourth-order valence-corrected chi connectivity index (χ4v) is 3.85. The van der Waals surface area contributed by atoms with Crippen LogP contribution in [0.15, 0.2) is 72.3 Å². The van der Waals surface area contributed by atoms with E-state index >= 15 is 0 Å². The van der Waals surface area contributed by atoms with Crippen molar-refractivity contribution in [2.75, 3.05) is 18.6 Å². The molecule has 204 valence electrons. The molecule has 1 heterocycles. The molecule has 12 nitrogen and oxygen atoms in total. The van der Waals surface area contributed by atoms with Gasteiger partial charge in [-0.15, -0.1) is 0 Å². The number of imide groups is 2. The summed E-state index contributed by atoms with van der Waals surface area (Å²) in [6.07, 6.45) is 1.31. The number of esters is 1. The number of carbonyl (C=O) groups excluding carboxylic acids is 4. The Labute approximate surface area is 227 Å². The number of non-ortho nitro benzene ring substituents is 1. The molecule has 12 heteroatoms. The maximum atomic E-state index is 13.2. The van der Waals surface area contributed by atoms with Crippen molar-refractivity contribution in [2.24, 2.45) is 0 Å². The maximum absolute atomic E-state index is 13.2. The van der Waals surface area contributed by atoms with Crippen LogP contribution in [0.3, 0.4) is 0 Å². The van der Waals surface area contributed by atoms with Gasteiger partial charge in [-0.25, -0.2) is 14.5 Å². The highest BCUT2D eigenvalue weighted by molar-refractivity contribution is 6.39. The summed E-state index contributed by atoms with van der Waals surface area (Å²) >= 11 is 0. The predicted molar refractivity (Wildman–Crippen MR) is 142 cm³/mol. The lowest BCUT2D eigenvalue weighted by Gasteiger charge is -2.26. The van der Waals surface area contributed by atoms with E-state index in [2.05, 4.69) is 10.1 Å². The summed E-state index contributed by atoms with van der Waals surface area (Å²) in [6, 6.07) is 15.4. The highest BCUT2D eigenvalue weighted by Crippen LogP contribution is 2.31. The molecule has 0 bridgehead atoms. The average molecular weight is 546 g/mol. The fraction of sp³-hybridized carbons (Fsp3) is 0.143. The molecule has 1 N–H and O–H groups in total. The topological polar surface area (TPSA) is 154 Å².